The molecule has 0 spiro atoms. The fraction of sp³-hybridized carbons (Fsp3) is 0.524. The van der Waals surface area contributed by atoms with E-state index in [1.807, 2.05) is 19.1 Å². The fourth-order valence-corrected chi connectivity index (χ4v) is 4.04. The van der Waals surface area contributed by atoms with Crippen LogP contribution in [-0.2, 0) is 9.53 Å². The maximum absolute atomic E-state index is 12.7. The quantitative estimate of drug-likeness (QED) is 0.474. The molecule has 29 heavy (non-hydrogen) atoms. The van der Waals surface area contributed by atoms with Crippen molar-refractivity contribution in [3.05, 3.63) is 29.0 Å². The number of hydrogen-bond acceptors (Lipinski definition) is 8. The Morgan fingerprint density at radius 2 is 1.79 bits per heavy atom. The second kappa shape index (κ2) is 11.0. The average molecular weight is 423 g/mol. The highest BCUT2D eigenvalue weighted by Crippen LogP contribution is 2.43. The topological polar surface area (TPSA) is 78.4 Å². The SMILES string of the molecule is CCCCSC1=N[C@@H](c2cc(OC)c(OC)c(OC)c2)C(C(=O)OCC)=C(C)N1. The zero-order chi connectivity index (χ0) is 21.4. The first kappa shape index (κ1) is 22.9. The van der Waals surface area contributed by atoms with Gasteiger partial charge in [-0.1, -0.05) is 25.1 Å². The third kappa shape index (κ3) is 5.38. The van der Waals surface area contributed by atoms with Crippen LogP contribution in [0, 0.1) is 0 Å². The van der Waals surface area contributed by atoms with Gasteiger partial charge in [0.2, 0.25) is 5.75 Å². The zero-order valence-corrected chi connectivity index (χ0v) is 18.8. The van der Waals surface area contributed by atoms with Gasteiger partial charge in [0.05, 0.1) is 33.5 Å². The molecule has 0 radical (unpaired) electrons. The number of carbonyl (C=O) groups is 1. The molecule has 8 heteroatoms. The Morgan fingerprint density at radius 3 is 2.31 bits per heavy atom. The van der Waals surface area contributed by atoms with Crippen molar-refractivity contribution < 1.29 is 23.7 Å². The standard InChI is InChI=1S/C21H30N2O5S/c1-7-9-10-29-21-22-13(3)17(20(24)28-8-2)18(23-21)14-11-15(25-4)19(27-6)16(12-14)26-5/h11-12,18H,7-10H2,1-6H3,(H,22,23)/t18-/m0/s1. The van der Waals surface area contributed by atoms with Crippen molar-refractivity contribution in [1.29, 1.82) is 0 Å². The highest BCUT2D eigenvalue weighted by molar-refractivity contribution is 8.13. The molecule has 1 aliphatic rings. The van der Waals surface area contributed by atoms with Gasteiger partial charge in [-0.15, -0.1) is 0 Å². The second-order valence-corrected chi connectivity index (χ2v) is 7.47. The van der Waals surface area contributed by atoms with Crippen LogP contribution in [0.25, 0.3) is 0 Å². The van der Waals surface area contributed by atoms with Crippen molar-refractivity contribution in [3.63, 3.8) is 0 Å². The molecule has 7 nitrogen and oxygen atoms in total. The summed E-state index contributed by atoms with van der Waals surface area (Å²) in [5.74, 6) is 2.07. The number of allylic oxidation sites excluding steroid dienone is 1. The second-order valence-electron chi connectivity index (χ2n) is 6.38. The number of unbranched alkanes of at least 4 members (excludes halogenated alkanes) is 1. The van der Waals surface area contributed by atoms with E-state index in [0.29, 0.717) is 29.4 Å². The Hall–Kier alpha value is -2.35. The van der Waals surface area contributed by atoms with Crippen molar-refractivity contribution in [1.82, 2.24) is 5.32 Å². The third-order valence-corrected chi connectivity index (χ3v) is 5.43. The van der Waals surface area contributed by atoms with Crippen LogP contribution in [0.5, 0.6) is 17.2 Å². The van der Waals surface area contributed by atoms with E-state index >= 15 is 0 Å². The number of aliphatic imine (C=N–C) groups is 1. The molecule has 160 valence electrons. The molecule has 1 atom stereocenters. The van der Waals surface area contributed by atoms with Crippen LogP contribution in [0.2, 0.25) is 0 Å². The van der Waals surface area contributed by atoms with Crippen molar-refractivity contribution in [2.75, 3.05) is 33.7 Å². The summed E-state index contributed by atoms with van der Waals surface area (Å²) < 4.78 is 21.7. The van der Waals surface area contributed by atoms with Crippen LogP contribution in [0.4, 0.5) is 0 Å². The van der Waals surface area contributed by atoms with Gasteiger partial charge < -0.3 is 24.3 Å². The molecule has 0 aromatic heterocycles. The Morgan fingerprint density at radius 1 is 1.14 bits per heavy atom. The number of esters is 1. The maximum atomic E-state index is 12.7. The van der Waals surface area contributed by atoms with E-state index < -0.39 is 12.0 Å². The summed E-state index contributed by atoms with van der Waals surface area (Å²) in [6.45, 7) is 6.10. The van der Waals surface area contributed by atoms with Gasteiger partial charge in [-0.05, 0) is 38.0 Å². The van der Waals surface area contributed by atoms with Crippen LogP contribution in [0.1, 0.15) is 45.2 Å². The predicted molar refractivity (Wildman–Crippen MR) is 116 cm³/mol. The molecule has 0 fully saturated rings. The van der Waals surface area contributed by atoms with Gasteiger partial charge in [0.15, 0.2) is 16.7 Å². The molecule has 1 N–H and O–H groups in total. The summed E-state index contributed by atoms with van der Waals surface area (Å²) >= 11 is 1.64. The molecule has 1 heterocycles. The molecule has 1 aromatic rings. The molecule has 1 aromatic carbocycles. The van der Waals surface area contributed by atoms with E-state index in [1.54, 1.807) is 40.0 Å². The van der Waals surface area contributed by atoms with Gasteiger partial charge in [0.25, 0.3) is 0 Å². The van der Waals surface area contributed by atoms with E-state index in [4.69, 9.17) is 23.9 Å². The van der Waals surface area contributed by atoms with E-state index in [-0.39, 0.29) is 0 Å². The van der Waals surface area contributed by atoms with Gasteiger partial charge in [0, 0.05) is 11.4 Å². The highest BCUT2D eigenvalue weighted by atomic mass is 32.2. The number of ether oxygens (including phenoxy) is 4. The molecule has 0 unspecified atom stereocenters. The monoisotopic (exact) mass is 422 g/mol. The van der Waals surface area contributed by atoms with E-state index in [2.05, 4.69) is 12.2 Å². The van der Waals surface area contributed by atoms with Crippen LogP contribution < -0.4 is 19.5 Å². The normalized spacial score (nSPS) is 16.1. The molecule has 0 saturated heterocycles. The third-order valence-electron chi connectivity index (χ3n) is 4.45. The lowest BCUT2D eigenvalue weighted by Gasteiger charge is -2.26. The number of nitrogens with one attached hydrogen (secondary N) is 1. The molecule has 0 saturated carbocycles. The van der Waals surface area contributed by atoms with E-state index in [9.17, 15) is 4.79 Å². The molecule has 0 bridgehead atoms. The largest absolute Gasteiger partial charge is 0.493 e. The molecule has 2 rings (SSSR count). The molecule has 1 aliphatic heterocycles. The Balaban J connectivity index is 2.54. The number of benzene rings is 1. The lowest BCUT2D eigenvalue weighted by molar-refractivity contribution is -0.138. The number of amidine groups is 1. The maximum Gasteiger partial charge on any atom is 0.338 e. The molecular weight excluding hydrogens is 392 g/mol. The smallest absolute Gasteiger partial charge is 0.338 e. The highest BCUT2D eigenvalue weighted by Gasteiger charge is 2.32. The first-order valence-electron chi connectivity index (χ1n) is 9.65. The molecular formula is C21H30N2O5S. The zero-order valence-electron chi connectivity index (χ0n) is 18.0. The van der Waals surface area contributed by atoms with Crippen molar-refractivity contribution in [2.24, 2.45) is 4.99 Å². The summed E-state index contributed by atoms with van der Waals surface area (Å²) in [7, 11) is 4.68. The van der Waals surface area contributed by atoms with Gasteiger partial charge in [-0.3, -0.25) is 0 Å². The summed E-state index contributed by atoms with van der Waals surface area (Å²) in [6, 6.07) is 3.11. The van der Waals surface area contributed by atoms with Crippen molar-refractivity contribution >= 4 is 22.9 Å². The van der Waals surface area contributed by atoms with Crippen molar-refractivity contribution in [2.45, 2.75) is 39.7 Å². The predicted octanol–water partition coefficient (Wildman–Crippen LogP) is 4.08. The first-order chi connectivity index (χ1) is 14.0. The van der Waals surface area contributed by atoms with Gasteiger partial charge >= 0.3 is 5.97 Å². The van der Waals surface area contributed by atoms with Gasteiger partial charge in [0.1, 0.15) is 6.04 Å². The van der Waals surface area contributed by atoms with Crippen LogP contribution in [-0.4, -0.2) is 44.8 Å². The number of carbonyl (C=O) groups excluding carboxylic acids is 1. The minimum absolute atomic E-state index is 0.291. The fourth-order valence-electron chi connectivity index (χ4n) is 3.01. The first-order valence-corrected chi connectivity index (χ1v) is 10.6. The Labute approximate surface area is 176 Å². The Kier molecular flexibility index (Phi) is 8.70. The molecule has 0 aliphatic carbocycles. The summed E-state index contributed by atoms with van der Waals surface area (Å²) in [4.78, 5) is 17.5. The lowest BCUT2D eigenvalue weighted by atomic mass is 9.96. The Bertz CT molecular complexity index is 766. The van der Waals surface area contributed by atoms with Crippen LogP contribution in [0.15, 0.2) is 28.4 Å². The van der Waals surface area contributed by atoms with E-state index in [1.165, 1.54) is 0 Å². The number of nitrogens with zero attached hydrogens (tertiary/aromatic N) is 1. The van der Waals surface area contributed by atoms with Crippen LogP contribution >= 0.6 is 11.8 Å². The minimum Gasteiger partial charge on any atom is -0.493 e. The summed E-state index contributed by atoms with van der Waals surface area (Å²) in [6.07, 6.45) is 2.20. The van der Waals surface area contributed by atoms with Gasteiger partial charge in [-0.25, -0.2) is 9.79 Å². The molecule has 0 amide bonds. The minimum atomic E-state index is -0.534. The average Bonchev–Trinajstić information content (AvgIpc) is 2.72. The number of hydrogen-bond donors (Lipinski definition) is 1. The number of thioether (sulfide) groups is 1. The summed E-state index contributed by atoms with van der Waals surface area (Å²) in [5, 5.41) is 4.03. The summed E-state index contributed by atoms with van der Waals surface area (Å²) in [5.41, 5.74) is 1.97. The lowest BCUT2D eigenvalue weighted by Crippen LogP contribution is -2.30. The number of rotatable bonds is 9. The van der Waals surface area contributed by atoms with Gasteiger partial charge in [-0.2, -0.15) is 0 Å². The number of methoxy groups -OCH3 is 3. The van der Waals surface area contributed by atoms with Crippen LogP contribution in [0.3, 0.4) is 0 Å². The van der Waals surface area contributed by atoms with Crippen molar-refractivity contribution in [3.8, 4) is 17.2 Å². The van der Waals surface area contributed by atoms with E-state index in [0.717, 1.165) is 35.0 Å².